The number of nitro groups is 1. The van der Waals surface area contributed by atoms with Crippen LogP contribution in [0.3, 0.4) is 0 Å². The lowest BCUT2D eigenvalue weighted by Gasteiger charge is -2.42. The molecule has 0 radical (unpaired) electrons. The molecule has 1 aliphatic carbocycles. The van der Waals surface area contributed by atoms with Crippen LogP contribution in [-0.4, -0.2) is 180 Å². The first kappa shape index (κ1) is 76.8. The van der Waals surface area contributed by atoms with E-state index in [0.717, 1.165) is 173 Å². The fourth-order valence-electron chi connectivity index (χ4n) is 15.8. The summed E-state index contributed by atoms with van der Waals surface area (Å²) in [5.41, 5.74) is 9.96. The van der Waals surface area contributed by atoms with E-state index in [1.807, 2.05) is 82.6 Å². The molecule has 3 aromatic heterocycles. The molecule has 4 aliphatic heterocycles. The average molecular weight is 1490 g/mol. The molecule has 562 valence electrons. The van der Waals surface area contributed by atoms with Gasteiger partial charge in [-0.2, -0.15) is 0 Å². The molecule has 6 N–H and O–H groups in total. The number of unbranched alkanes of at least 4 members (excludes halogenated alkanes) is 4. The number of β-amino-alcohol motifs (C(OH)–C–C–N with tert-alkyl or cyclic N) is 1. The van der Waals surface area contributed by atoms with Gasteiger partial charge in [0.15, 0.2) is 0 Å². The number of benzene rings is 4. The van der Waals surface area contributed by atoms with Crippen LogP contribution in [-0.2, 0) is 19.6 Å². The van der Waals surface area contributed by atoms with Crippen molar-refractivity contribution in [2.75, 3.05) is 95.3 Å². The highest BCUT2D eigenvalue weighted by Crippen LogP contribution is 2.44. The number of allylic oxidation sites excluding steroid dienone is 1. The lowest BCUT2D eigenvalue weighted by atomic mass is 9.72. The number of rotatable bonds is 28. The number of nitro benzene ring substituents is 1. The fraction of sp³-hybridized carbons (Fsp3) is 0.512. The molecule has 3 amide bonds. The van der Waals surface area contributed by atoms with Gasteiger partial charge in [0, 0.05) is 92.7 Å². The van der Waals surface area contributed by atoms with Crippen LogP contribution in [0, 0.1) is 33.8 Å². The van der Waals surface area contributed by atoms with Gasteiger partial charge in [0.1, 0.15) is 28.9 Å². The van der Waals surface area contributed by atoms with Gasteiger partial charge in [-0.05, 0) is 198 Å². The van der Waals surface area contributed by atoms with E-state index in [0.29, 0.717) is 43.6 Å². The van der Waals surface area contributed by atoms with Crippen LogP contribution in [0.2, 0.25) is 5.02 Å². The lowest BCUT2D eigenvalue weighted by Crippen LogP contribution is -2.56. The van der Waals surface area contributed by atoms with Gasteiger partial charge >= 0.3 is 0 Å². The van der Waals surface area contributed by atoms with Crippen LogP contribution in [0.4, 0.5) is 17.1 Å². The number of sulfonamides is 1. The second-order valence-electron chi connectivity index (χ2n) is 31.4. The maximum atomic E-state index is 14.3. The Labute approximate surface area is 627 Å². The number of amides is 3. The number of aromatic amines is 1. The van der Waals surface area contributed by atoms with Crippen LogP contribution in [0.1, 0.15) is 158 Å². The van der Waals surface area contributed by atoms with E-state index in [-0.39, 0.29) is 59.2 Å². The average Bonchev–Trinajstić information content (AvgIpc) is 1.67. The largest absolute Gasteiger partial charge is 0.455 e. The topological polar surface area (TPSA) is 264 Å². The Morgan fingerprint density at radius 2 is 1.58 bits per heavy atom. The first-order chi connectivity index (χ1) is 50.3. The van der Waals surface area contributed by atoms with Crippen molar-refractivity contribution < 1.29 is 37.6 Å². The number of carbonyl (C=O) groups is 3. The quantitative estimate of drug-likeness (QED) is 0.0151. The maximum absolute atomic E-state index is 14.3. The molecular weight excluding hydrogens is 1390 g/mol. The molecule has 4 aromatic carbocycles. The third kappa shape index (κ3) is 19.5. The number of ether oxygens (including phenoxy) is 1. The molecule has 22 nitrogen and oxygen atoms in total. The van der Waals surface area contributed by atoms with Gasteiger partial charge in [-0.1, -0.05) is 107 Å². The third-order valence-corrected chi connectivity index (χ3v) is 24.7. The summed E-state index contributed by atoms with van der Waals surface area (Å²) in [7, 11) is -4.62. The standard InChI is InChI=1S/C80H104ClN13O9S2/c1-53(56-13-15-58(16-14-56)73-54(2)86-52-104-73)87-77(97)71-45-64(95)51-93(71)78(98)74(79(3,4)5)82-32-11-9-8-10-12-34-89-35-29-62(30-36-89)91-37-27-55(28-38-91)48-84-69-24-22-66(46-70(69)94(99)100)105(101,102)88-76(96)67-23-21-63(44-72(67)103-65-43-59-26-33-83-75(59)85-49-65)92-41-39-90(40-42-92)50-60-25-31-80(6,7)47-68(60)57-17-19-61(81)20-18-57/h13-24,26,33,43-44,46,49,52-53,55,62,64,71,74,82,84,95H,8-12,25,27-32,34-42,45,47-48,50-51H2,1-7H3,(H,83,85)(H,87,97)(H,88,96)/t53-,64+,71-,74+/m0/s1. The number of hydrogen-bond acceptors (Lipinski definition) is 18. The van der Waals surface area contributed by atoms with Gasteiger partial charge in [-0.15, -0.1) is 11.3 Å². The van der Waals surface area contributed by atoms with Crippen molar-refractivity contribution in [2.24, 2.45) is 16.7 Å². The van der Waals surface area contributed by atoms with Crippen molar-refractivity contribution >= 4 is 84.4 Å². The molecule has 105 heavy (non-hydrogen) atoms. The normalized spacial score (nSPS) is 19.6. The molecule has 0 saturated carbocycles. The number of aryl methyl sites for hydroxylation is 1. The SMILES string of the molecule is Cc1ncsc1-c1ccc([C@H](C)NC(=O)[C@@H]2C[C@@H](O)CN2C(=O)[C@@H](NCCCCCCCN2CCC(N3CCC(CNc4ccc(S(=O)(=O)NC(=O)c5ccc(N6CCN(CC7=C(c8ccc(Cl)cc8)CC(C)(C)CC7)CC6)cc5Oc5cnc6[nH]ccc6c5)cc4[N+](=O)[O-])CC3)CC2)C(C)(C)C)cc1. The van der Waals surface area contributed by atoms with Gasteiger partial charge in [0.2, 0.25) is 11.8 Å². The second kappa shape index (κ2) is 34.0. The Morgan fingerprint density at radius 3 is 2.30 bits per heavy atom. The van der Waals surface area contributed by atoms with Crippen molar-refractivity contribution in [1.29, 1.82) is 0 Å². The van der Waals surface area contributed by atoms with Crippen molar-refractivity contribution in [3.05, 3.63) is 158 Å². The van der Waals surface area contributed by atoms with E-state index in [1.165, 1.54) is 35.0 Å². The smallest absolute Gasteiger partial charge is 0.293 e. The lowest BCUT2D eigenvalue weighted by molar-refractivity contribution is -0.384. The Morgan fingerprint density at radius 1 is 0.857 bits per heavy atom. The number of aliphatic hydroxyl groups is 1. The molecular formula is C80H104ClN13O9S2. The predicted molar refractivity (Wildman–Crippen MR) is 417 cm³/mol. The number of piperazine rings is 1. The third-order valence-electron chi connectivity index (χ3n) is 22.1. The first-order valence-corrected chi connectivity index (χ1v) is 40.3. The number of fused-ring (bicyclic) bond motifs is 1. The van der Waals surface area contributed by atoms with Gasteiger partial charge < -0.3 is 50.4 Å². The highest BCUT2D eigenvalue weighted by Gasteiger charge is 2.44. The van der Waals surface area contributed by atoms with Crippen LogP contribution < -0.4 is 30.3 Å². The van der Waals surface area contributed by atoms with Crippen LogP contribution in [0.25, 0.3) is 27.0 Å². The number of aliphatic hydroxyl groups excluding tert-OH is 1. The zero-order valence-electron chi connectivity index (χ0n) is 61.8. The molecule has 7 heterocycles. The maximum Gasteiger partial charge on any atom is 0.293 e. The van der Waals surface area contributed by atoms with E-state index < -0.39 is 55.0 Å². The number of aromatic nitrogens is 3. The van der Waals surface area contributed by atoms with Gasteiger partial charge in [0.05, 0.1) is 55.8 Å². The van der Waals surface area contributed by atoms with E-state index in [4.69, 9.17) is 16.3 Å². The Balaban J connectivity index is 0.564. The van der Waals surface area contributed by atoms with E-state index in [1.54, 1.807) is 46.7 Å². The zero-order valence-corrected chi connectivity index (χ0v) is 64.2. The van der Waals surface area contributed by atoms with Gasteiger partial charge in [0.25, 0.3) is 21.6 Å². The van der Waals surface area contributed by atoms with Crippen molar-refractivity contribution in [2.45, 2.75) is 167 Å². The fourth-order valence-corrected chi connectivity index (χ4v) is 17.8. The minimum absolute atomic E-state index is 0.0426. The molecule has 12 rings (SSSR count). The minimum atomic E-state index is -4.62. The molecule has 4 atom stereocenters. The van der Waals surface area contributed by atoms with Crippen LogP contribution in [0.5, 0.6) is 11.5 Å². The minimum Gasteiger partial charge on any atom is -0.455 e. The monoisotopic (exact) mass is 1490 g/mol. The molecule has 0 unspecified atom stereocenters. The Hall–Kier alpha value is -7.81. The summed E-state index contributed by atoms with van der Waals surface area (Å²) >= 11 is 7.89. The number of halogens is 1. The van der Waals surface area contributed by atoms with Gasteiger partial charge in [-0.25, -0.2) is 23.1 Å². The van der Waals surface area contributed by atoms with Gasteiger partial charge in [-0.3, -0.25) is 29.4 Å². The van der Waals surface area contributed by atoms with E-state index in [2.05, 4.69) is 81.2 Å². The molecule has 0 bridgehead atoms. The predicted octanol–water partition coefficient (Wildman–Crippen LogP) is 13.6. The number of piperidine rings is 2. The molecule has 4 saturated heterocycles. The molecule has 7 aromatic rings. The summed E-state index contributed by atoms with van der Waals surface area (Å²) in [5.74, 6) is -0.638. The first-order valence-electron chi connectivity index (χ1n) is 37.6. The highest BCUT2D eigenvalue weighted by molar-refractivity contribution is 7.90. The van der Waals surface area contributed by atoms with Crippen molar-refractivity contribution in [3.8, 4) is 21.9 Å². The summed E-state index contributed by atoms with van der Waals surface area (Å²) in [6.45, 7) is 25.0. The number of thiazole rings is 1. The van der Waals surface area contributed by atoms with E-state index >= 15 is 0 Å². The van der Waals surface area contributed by atoms with Crippen molar-refractivity contribution in [1.82, 2.24) is 49.9 Å². The number of hydrogen-bond donors (Lipinski definition) is 6. The van der Waals surface area contributed by atoms with E-state index in [9.17, 15) is 38.0 Å². The molecule has 5 aliphatic rings. The Kier molecular flexibility index (Phi) is 24.9. The summed E-state index contributed by atoms with van der Waals surface area (Å²) in [6, 6.07) is 27.7. The van der Waals surface area contributed by atoms with Crippen molar-refractivity contribution in [3.63, 3.8) is 0 Å². The Bertz CT molecular complexity index is 4330. The summed E-state index contributed by atoms with van der Waals surface area (Å²) in [5, 5.41) is 34.8. The number of anilines is 2. The number of likely N-dealkylation sites (tertiary alicyclic amines) is 3. The highest BCUT2D eigenvalue weighted by atomic mass is 35.5. The number of carbonyl (C=O) groups excluding carboxylic acids is 3. The second-order valence-corrected chi connectivity index (χ2v) is 34.4. The van der Waals surface area contributed by atoms with Crippen LogP contribution in [0.15, 0.2) is 125 Å². The molecule has 0 spiro atoms. The summed E-state index contributed by atoms with van der Waals surface area (Å²) in [4.78, 5) is 78.5. The summed E-state index contributed by atoms with van der Waals surface area (Å²) in [6.07, 6.45) is 15.3. The number of H-pyrrole nitrogens is 1. The zero-order chi connectivity index (χ0) is 74.2. The number of pyridine rings is 1. The molecule has 25 heteroatoms. The van der Waals surface area contributed by atoms with Crippen LogP contribution >= 0.6 is 22.9 Å². The number of nitrogens with one attached hydrogen (secondary N) is 5. The summed E-state index contributed by atoms with van der Waals surface area (Å²) < 4.78 is 36.8. The molecule has 4 fully saturated rings. The number of nitrogens with zero attached hydrogens (tertiary/aromatic N) is 8.